The number of primary amides is 1. The van der Waals surface area contributed by atoms with Crippen molar-refractivity contribution in [3.05, 3.63) is 18.3 Å². The summed E-state index contributed by atoms with van der Waals surface area (Å²) in [5.41, 5.74) is 4.47. The van der Waals surface area contributed by atoms with Crippen molar-refractivity contribution in [2.75, 3.05) is 11.9 Å². The number of anilines is 1. The topological polar surface area (TPSA) is 80.9 Å². The van der Waals surface area contributed by atoms with Crippen molar-refractivity contribution in [1.29, 1.82) is 0 Å². The molecular weight excluding hydrogens is 199 g/mol. The van der Waals surface area contributed by atoms with E-state index in [0.717, 1.165) is 12.4 Å². The molecule has 1 amide bonds. The Hall–Kier alpha value is -1.72. The van der Waals surface area contributed by atoms with Gasteiger partial charge in [0.25, 0.3) is 0 Å². The molecule has 15 heavy (non-hydrogen) atoms. The number of carbonyl (C=O) groups excluding carboxylic acids is 1. The molecule has 0 radical (unpaired) electrons. The average Bonchev–Trinajstić information content (AvgIpc) is 2.15. The number of hydrogen-bond acceptors (Lipinski definition) is 4. The minimum Gasteiger partial charge on any atom is -0.369 e. The van der Waals surface area contributed by atoms with Crippen LogP contribution in [-0.2, 0) is 4.79 Å². The van der Waals surface area contributed by atoms with E-state index in [4.69, 9.17) is 5.73 Å². The maximum Gasteiger partial charge on any atom is 0.224 e. The van der Waals surface area contributed by atoms with Gasteiger partial charge in [0.05, 0.1) is 5.41 Å². The van der Waals surface area contributed by atoms with Gasteiger partial charge in [-0.15, -0.1) is 0 Å². The van der Waals surface area contributed by atoms with Crippen molar-refractivity contribution in [1.82, 2.24) is 9.97 Å². The number of hydrogen-bond donors (Lipinski definition) is 2. The summed E-state index contributed by atoms with van der Waals surface area (Å²) in [4.78, 5) is 18.1. The fourth-order valence-electron chi connectivity index (χ4n) is 0.829. The molecule has 1 heterocycles. The van der Waals surface area contributed by atoms with E-state index in [9.17, 15) is 9.18 Å². The lowest BCUT2D eigenvalue weighted by atomic mass is 9.93. The standard InChI is InChI=1S/C9H13FN4O/c1-9(2,8(11)15)4-12-7-3-6(10)13-5-14-7/h3,5H,4H2,1-2H3,(H2,11,15)(H,12,13,14). The van der Waals surface area contributed by atoms with Crippen LogP contribution < -0.4 is 11.1 Å². The molecule has 0 saturated heterocycles. The normalized spacial score (nSPS) is 11.1. The summed E-state index contributed by atoms with van der Waals surface area (Å²) in [5.74, 6) is -0.717. The van der Waals surface area contributed by atoms with Gasteiger partial charge in [0.2, 0.25) is 11.9 Å². The summed E-state index contributed by atoms with van der Waals surface area (Å²) in [5, 5.41) is 2.82. The van der Waals surface area contributed by atoms with E-state index < -0.39 is 17.3 Å². The molecule has 1 rings (SSSR count). The first-order chi connectivity index (χ1) is 6.92. The molecular formula is C9H13FN4O. The molecule has 82 valence electrons. The predicted octanol–water partition coefficient (Wildman–Crippen LogP) is 0.539. The molecule has 0 unspecified atom stereocenters. The Morgan fingerprint density at radius 3 is 2.80 bits per heavy atom. The van der Waals surface area contributed by atoms with Crippen LogP contribution in [0.5, 0.6) is 0 Å². The van der Waals surface area contributed by atoms with E-state index >= 15 is 0 Å². The van der Waals surface area contributed by atoms with Gasteiger partial charge in [-0.05, 0) is 13.8 Å². The fraction of sp³-hybridized carbons (Fsp3) is 0.444. The molecule has 3 N–H and O–H groups in total. The molecule has 6 heteroatoms. The van der Waals surface area contributed by atoms with Gasteiger partial charge in [-0.3, -0.25) is 4.79 Å². The van der Waals surface area contributed by atoms with Gasteiger partial charge in [0.15, 0.2) is 0 Å². The van der Waals surface area contributed by atoms with E-state index in [0.29, 0.717) is 12.4 Å². The van der Waals surface area contributed by atoms with Crippen LogP contribution in [0.4, 0.5) is 10.2 Å². The second-order valence-corrected chi connectivity index (χ2v) is 3.83. The van der Waals surface area contributed by atoms with Gasteiger partial charge < -0.3 is 11.1 Å². The zero-order chi connectivity index (χ0) is 11.5. The number of nitrogens with zero attached hydrogens (tertiary/aromatic N) is 2. The largest absolute Gasteiger partial charge is 0.369 e. The smallest absolute Gasteiger partial charge is 0.224 e. The Labute approximate surface area is 86.9 Å². The summed E-state index contributed by atoms with van der Waals surface area (Å²) in [6.45, 7) is 3.68. The van der Waals surface area contributed by atoms with Crippen molar-refractivity contribution in [2.24, 2.45) is 11.1 Å². The third-order valence-electron chi connectivity index (χ3n) is 2.01. The van der Waals surface area contributed by atoms with Crippen LogP contribution in [0.3, 0.4) is 0 Å². The number of aromatic nitrogens is 2. The molecule has 0 fully saturated rings. The molecule has 0 aromatic carbocycles. The summed E-state index contributed by atoms with van der Waals surface area (Å²) in [6.07, 6.45) is 1.11. The van der Waals surface area contributed by atoms with Crippen LogP contribution in [0, 0.1) is 11.4 Å². The van der Waals surface area contributed by atoms with Crippen LogP contribution in [0.25, 0.3) is 0 Å². The molecule has 0 atom stereocenters. The maximum absolute atomic E-state index is 12.7. The van der Waals surface area contributed by atoms with Crippen LogP contribution in [0.1, 0.15) is 13.8 Å². The number of amides is 1. The van der Waals surface area contributed by atoms with Crippen molar-refractivity contribution in [3.8, 4) is 0 Å². The first-order valence-corrected chi connectivity index (χ1v) is 4.43. The summed E-state index contributed by atoms with van der Waals surface area (Å²) in [6, 6.07) is 1.15. The summed E-state index contributed by atoms with van der Waals surface area (Å²) >= 11 is 0. The molecule has 0 aliphatic heterocycles. The van der Waals surface area contributed by atoms with Gasteiger partial charge in [0.1, 0.15) is 12.1 Å². The fourth-order valence-corrected chi connectivity index (χ4v) is 0.829. The minimum atomic E-state index is -0.707. The Bertz CT molecular complexity index is 367. The molecule has 0 bridgehead atoms. The zero-order valence-electron chi connectivity index (χ0n) is 8.62. The van der Waals surface area contributed by atoms with E-state index in [1.165, 1.54) is 0 Å². The average molecular weight is 212 g/mol. The summed E-state index contributed by atoms with van der Waals surface area (Å²) in [7, 11) is 0. The highest BCUT2D eigenvalue weighted by Gasteiger charge is 2.24. The lowest BCUT2D eigenvalue weighted by Crippen LogP contribution is -2.37. The molecule has 0 spiro atoms. The number of rotatable bonds is 4. The molecule has 5 nitrogen and oxygen atoms in total. The molecule has 0 saturated carbocycles. The third kappa shape index (κ3) is 3.16. The second-order valence-electron chi connectivity index (χ2n) is 3.83. The van der Waals surface area contributed by atoms with Crippen molar-refractivity contribution in [2.45, 2.75) is 13.8 Å². The van der Waals surface area contributed by atoms with Crippen LogP contribution in [-0.4, -0.2) is 22.4 Å². The Kier molecular flexibility index (Phi) is 3.18. The van der Waals surface area contributed by atoms with Gasteiger partial charge in [-0.2, -0.15) is 4.39 Å². The molecule has 0 aliphatic rings. The van der Waals surface area contributed by atoms with Crippen LogP contribution in [0.15, 0.2) is 12.4 Å². The third-order valence-corrected chi connectivity index (χ3v) is 2.01. The van der Waals surface area contributed by atoms with Gasteiger partial charge in [-0.25, -0.2) is 9.97 Å². The van der Waals surface area contributed by atoms with E-state index in [-0.39, 0.29) is 0 Å². The first kappa shape index (κ1) is 11.4. The number of carbonyl (C=O) groups is 1. The van der Waals surface area contributed by atoms with Gasteiger partial charge in [0, 0.05) is 12.6 Å². The Morgan fingerprint density at radius 2 is 2.27 bits per heavy atom. The number of halogens is 1. The SMILES string of the molecule is CC(C)(CNc1cc(F)ncn1)C(N)=O. The van der Waals surface area contributed by atoms with Crippen molar-refractivity contribution >= 4 is 11.7 Å². The van der Waals surface area contributed by atoms with E-state index in [1.807, 2.05) is 0 Å². The van der Waals surface area contributed by atoms with Crippen molar-refractivity contribution < 1.29 is 9.18 Å². The monoisotopic (exact) mass is 212 g/mol. The first-order valence-electron chi connectivity index (χ1n) is 4.43. The highest BCUT2D eigenvalue weighted by Crippen LogP contribution is 2.14. The minimum absolute atomic E-state index is 0.290. The lowest BCUT2D eigenvalue weighted by Gasteiger charge is -2.20. The molecule has 0 aliphatic carbocycles. The molecule has 1 aromatic rings. The van der Waals surface area contributed by atoms with Crippen LogP contribution >= 0.6 is 0 Å². The predicted molar refractivity (Wildman–Crippen MR) is 53.5 cm³/mol. The zero-order valence-corrected chi connectivity index (χ0v) is 8.62. The highest BCUT2D eigenvalue weighted by atomic mass is 19.1. The van der Waals surface area contributed by atoms with Crippen LogP contribution in [0.2, 0.25) is 0 Å². The highest BCUT2D eigenvalue weighted by molar-refractivity contribution is 5.80. The Balaban J connectivity index is 2.61. The van der Waals surface area contributed by atoms with E-state index in [2.05, 4.69) is 15.3 Å². The van der Waals surface area contributed by atoms with E-state index in [1.54, 1.807) is 13.8 Å². The number of nitrogens with one attached hydrogen (secondary N) is 1. The van der Waals surface area contributed by atoms with Gasteiger partial charge in [-0.1, -0.05) is 0 Å². The maximum atomic E-state index is 12.7. The van der Waals surface area contributed by atoms with Crippen molar-refractivity contribution in [3.63, 3.8) is 0 Å². The molecule has 1 aromatic heterocycles. The summed E-state index contributed by atoms with van der Waals surface area (Å²) < 4.78 is 12.7. The lowest BCUT2D eigenvalue weighted by molar-refractivity contribution is -0.125. The van der Waals surface area contributed by atoms with Gasteiger partial charge >= 0.3 is 0 Å². The quantitative estimate of drug-likeness (QED) is 0.714. The second kappa shape index (κ2) is 4.20. The Morgan fingerprint density at radius 1 is 1.60 bits per heavy atom. The number of nitrogens with two attached hydrogens (primary N) is 1.